The van der Waals surface area contributed by atoms with Crippen LogP contribution in [-0.4, -0.2) is 85.8 Å². The molecule has 2 aromatic heterocycles. The second-order valence-electron chi connectivity index (χ2n) is 10.3. The molecule has 0 aliphatic carbocycles. The number of hydrogen-bond donors (Lipinski definition) is 3. The summed E-state index contributed by atoms with van der Waals surface area (Å²) in [6.07, 6.45) is 3.46. The molecule has 3 aromatic rings. The largest absolute Gasteiger partial charge is 0.508 e. The normalized spacial score (nSPS) is 18.2. The van der Waals surface area contributed by atoms with Crippen molar-refractivity contribution in [3.63, 3.8) is 0 Å². The zero-order valence-electron chi connectivity index (χ0n) is 24.8. The van der Waals surface area contributed by atoms with Gasteiger partial charge >= 0.3 is 0 Å². The first kappa shape index (κ1) is 30.0. The Morgan fingerprint density at radius 1 is 1.07 bits per heavy atom. The van der Waals surface area contributed by atoms with Crippen molar-refractivity contribution in [3.8, 4) is 17.3 Å². The van der Waals surface area contributed by atoms with Crippen LogP contribution in [0.2, 0.25) is 0 Å². The Morgan fingerprint density at radius 3 is 2.44 bits per heavy atom. The zero-order valence-corrected chi connectivity index (χ0v) is 24.8. The first-order valence-corrected chi connectivity index (χ1v) is 14.6. The van der Waals surface area contributed by atoms with Crippen LogP contribution >= 0.6 is 0 Å². The third kappa shape index (κ3) is 6.37. The van der Waals surface area contributed by atoms with Gasteiger partial charge in [-0.2, -0.15) is 0 Å². The molecule has 2 aliphatic heterocycles. The van der Waals surface area contributed by atoms with E-state index in [0.29, 0.717) is 60.3 Å². The number of nitrogens with zero attached hydrogens (tertiary/aromatic N) is 7. The number of nitrogen functional groups attached to an aromatic ring is 2. The van der Waals surface area contributed by atoms with E-state index in [2.05, 4.69) is 31.9 Å². The second kappa shape index (κ2) is 13.2. The quantitative estimate of drug-likeness (QED) is 0.375. The van der Waals surface area contributed by atoms with Gasteiger partial charge in [-0.1, -0.05) is 27.7 Å². The number of aromatic nitrogens is 4. The predicted octanol–water partition coefficient (Wildman–Crippen LogP) is 3.50. The summed E-state index contributed by atoms with van der Waals surface area (Å²) in [5, 5.41) is 17.7. The summed E-state index contributed by atoms with van der Waals surface area (Å²) in [6, 6.07) is 5.28. The SMILES string of the molecule is CC.CCc1nnc(-c2nc(C)c(N3CCN(C4CCN(C(=O)c5ccc(O)cc5N)CC4)C(CC)C3)nc2N)o1. The lowest BCUT2D eigenvalue weighted by Crippen LogP contribution is -2.59. The molecule has 0 bridgehead atoms. The molecule has 222 valence electrons. The number of likely N-dealkylation sites (tertiary alicyclic amines) is 1. The Kier molecular flexibility index (Phi) is 9.64. The highest BCUT2D eigenvalue weighted by Gasteiger charge is 2.35. The maximum atomic E-state index is 13.0. The first-order valence-electron chi connectivity index (χ1n) is 14.6. The molecule has 1 amide bonds. The van der Waals surface area contributed by atoms with Crippen molar-refractivity contribution in [1.82, 2.24) is 30.0 Å². The number of phenolic OH excluding ortho intramolecular Hbond substituents is 1. The summed E-state index contributed by atoms with van der Waals surface area (Å²) in [4.78, 5) is 29.2. The van der Waals surface area contributed by atoms with Crippen LogP contribution in [0.15, 0.2) is 22.6 Å². The molecule has 12 heteroatoms. The summed E-state index contributed by atoms with van der Waals surface area (Å²) >= 11 is 0. The number of anilines is 3. The molecule has 41 heavy (non-hydrogen) atoms. The van der Waals surface area contributed by atoms with Crippen molar-refractivity contribution in [2.75, 3.05) is 49.1 Å². The van der Waals surface area contributed by atoms with E-state index in [1.807, 2.05) is 32.6 Å². The second-order valence-corrected chi connectivity index (χ2v) is 10.3. The highest BCUT2D eigenvalue weighted by atomic mass is 16.4. The molecule has 2 aliphatic rings. The average molecular weight is 566 g/mol. The van der Waals surface area contributed by atoms with Gasteiger partial charge in [0.05, 0.1) is 11.3 Å². The molecule has 0 saturated carbocycles. The van der Waals surface area contributed by atoms with Gasteiger partial charge in [-0.25, -0.2) is 9.97 Å². The van der Waals surface area contributed by atoms with Gasteiger partial charge in [-0.15, -0.1) is 10.2 Å². The van der Waals surface area contributed by atoms with E-state index in [1.54, 1.807) is 6.07 Å². The fourth-order valence-corrected chi connectivity index (χ4v) is 5.69. The molecular weight excluding hydrogens is 522 g/mol. The van der Waals surface area contributed by atoms with Crippen LogP contribution in [0.3, 0.4) is 0 Å². The number of carbonyl (C=O) groups is 1. The standard InChI is InChI=1S/C27H37N9O3.C2H6/c1-4-17-15-35(25-16(3)30-23(24(29)31-25)26-33-32-22(5-2)39-26)12-13-36(17)18-8-10-34(11-9-18)27(38)20-7-6-19(37)14-21(20)28;1-2/h6-7,14,17-18,37H,4-5,8-13,15,28H2,1-3H3,(H2,29,31);1-2H3. The fourth-order valence-electron chi connectivity index (χ4n) is 5.69. The lowest BCUT2D eigenvalue weighted by Gasteiger charge is -2.47. The predicted molar refractivity (Wildman–Crippen MR) is 160 cm³/mol. The van der Waals surface area contributed by atoms with Crippen molar-refractivity contribution in [1.29, 1.82) is 0 Å². The van der Waals surface area contributed by atoms with E-state index in [-0.39, 0.29) is 17.5 Å². The number of benzene rings is 1. The smallest absolute Gasteiger partial charge is 0.270 e. The van der Waals surface area contributed by atoms with Crippen LogP contribution in [0.1, 0.15) is 68.9 Å². The van der Waals surface area contributed by atoms with Crippen LogP contribution in [0.5, 0.6) is 5.75 Å². The average Bonchev–Trinajstić information content (AvgIpc) is 3.48. The molecule has 5 rings (SSSR count). The van der Waals surface area contributed by atoms with Crippen molar-refractivity contribution in [2.45, 2.75) is 72.4 Å². The zero-order chi connectivity index (χ0) is 29.7. The summed E-state index contributed by atoms with van der Waals surface area (Å²) < 4.78 is 5.65. The van der Waals surface area contributed by atoms with E-state index in [9.17, 15) is 9.90 Å². The summed E-state index contributed by atoms with van der Waals surface area (Å²) in [5.41, 5.74) is 14.2. The van der Waals surface area contributed by atoms with Crippen molar-refractivity contribution in [2.24, 2.45) is 0 Å². The van der Waals surface area contributed by atoms with Gasteiger partial charge in [0.25, 0.3) is 11.8 Å². The first-order chi connectivity index (χ1) is 19.8. The van der Waals surface area contributed by atoms with Gasteiger partial charge < -0.3 is 30.8 Å². The number of hydrogen-bond acceptors (Lipinski definition) is 11. The lowest BCUT2D eigenvalue weighted by atomic mass is 9.97. The minimum absolute atomic E-state index is 0.0599. The van der Waals surface area contributed by atoms with Gasteiger partial charge in [0.15, 0.2) is 17.3 Å². The number of piperidine rings is 1. The molecule has 1 aromatic carbocycles. The lowest BCUT2D eigenvalue weighted by molar-refractivity contribution is 0.0491. The topological polar surface area (TPSA) is 164 Å². The van der Waals surface area contributed by atoms with Gasteiger partial charge in [0, 0.05) is 63.0 Å². The monoisotopic (exact) mass is 565 g/mol. The Labute approximate surface area is 241 Å². The number of amides is 1. The Balaban J connectivity index is 0.00000189. The minimum Gasteiger partial charge on any atom is -0.508 e. The van der Waals surface area contributed by atoms with Crippen LogP contribution in [0.4, 0.5) is 17.3 Å². The summed E-state index contributed by atoms with van der Waals surface area (Å²) in [5.74, 6) is 1.88. The number of nitrogens with two attached hydrogens (primary N) is 2. The molecule has 0 spiro atoms. The molecule has 1 unspecified atom stereocenters. The van der Waals surface area contributed by atoms with Crippen molar-refractivity contribution in [3.05, 3.63) is 35.3 Å². The maximum Gasteiger partial charge on any atom is 0.270 e. The Bertz CT molecular complexity index is 1340. The van der Waals surface area contributed by atoms with Crippen molar-refractivity contribution < 1.29 is 14.3 Å². The van der Waals surface area contributed by atoms with Gasteiger partial charge in [-0.3, -0.25) is 9.69 Å². The third-order valence-corrected chi connectivity index (χ3v) is 7.83. The van der Waals surface area contributed by atoms with Gasteiger partial charge in [0.2, 0.25) is 5.89 Å². The highest BCUT2D eigenvalue weighted by molar-refractivity contribution is 5.99. The van der Waals surface area contributed by atoms with Crippen LogP contribution in [-0.2, 0) is 6.42 Å². The van der Waals surface area contributed by atoms with E-state index in [4.69, 9.17) is 20.9 Å². The van der Waals surface area contributed by atoms with E-state index in [0.717, 1.165) is 50.4 Å². The third-order valence-electron chi connectivity index (χ3n) is 7.83. The molecule has 2 saturated heterocycles. The number of aromatic hydroxyl groups is 1. The summed E-state index contributed by atoms with van der Waals surface area (Å²) in [6.45, 7) is 14.0. The molecule has 0 radical (unpaired) electrons. The van der Waals surface area contributed by atoms with Crippen LogP contribution in [0, 0.1) is 6.92 Å². The van der Waals surface area contributed by atoms with E-state index >= 15 is 0 Å². The Hall–Kier alpha value is -3.93. The molecule has 4 heterocycles. The molecular formula is C29H43N9O3. The molecule has 2 fully saturated rings. The molecule has 1 atom stereocenters. The number of aryl methyl sites for hydroxylation is 2. The number of carbonyl (C=O) groups excluding carboxylic acids is 1. The van der Waals surface area contributed by atoms with Crippen molar-refractivity contribution >= 4 is 23.2 Å². The van der Waals surface area contributed by atoms with Gasteiger partial charge in [0.1, 0.15) is 5.75 Å². The highest BCUT2D eigenvalue weighted by Crippen LogP contribution is 2.30. The summed E-state index contributed by atoms with van der Waals surface area (Å²) in [7, 11) is 0. The number of rotatable bonds is 6. The van der Waals surface area contributed by atoms with Crippen LogP contribution in [0.25, 0.3) is 11.6 Å². The number of piperazine rings is 1. The van der Waals surface area contributed by atoms with Crippen LogP contribution < -0.4 is 16.4 Å². The maximum absolute atomic E-state index is 13.0. The van der Waals surface area contributed by atoms with Gasteiger partial charge in [-0.05, 0) is 38.3 Å². The number of phenols is 1. The minimum atomic E-state index is -0.0793. The molecule has 12 nitrogen and oxygen atoms in total. The van der Waals surface area contributed by atoms with E-state index < -0.39 is 0 Å². The molecule has 5 N–H and O–H groups in total. The van der Waals surface area contributed by atoms with E-state index in [1.165, 1.54) is 12.1 Å². The fraction of sp³-hybridized carbons (Fsp3) is 0.552. The Morgan fingerprint density at radius 2 is 1.80 bits per heavy atom.